The molecule has 1 heterocycles. The maximum absolute atomic E-state index is 13.8. The van der Waals surface area contributed by atoms with Gasteiger partial charge in [-0.15, -0.1) is 0 Å². The second-order valence-electron chi connectivity index (χ2n) is 10.9. The van der Waals surface area contributed by atoms with Crippen LogP contribution in [0.1, 0.15) is 90.0 Å². The van der Waals surface area contributed by atoms with Crippen molar-refractivity contribution in [1.82, 2.24) is 9.80 Å². The van der Waals surface area contributed by atoms with E-state index in [1.807, 2.05) is 35.2 Å². The number of hydrogen-bond acceptors (Lipinski definition) is 6. The van der Waals surface area contributed by atoms with Gasteiger partial charge in [-0.25, -0.2) is 0 Å². The van der Waals surface area contributed by atoms with E-state index in [1.54, 1.807) is 13.8 Å². The molecule has 1 amide bonds. The van der Waals surface area contributed by atoms with Crippen molar-refractivity contribution >= 4 is 17.8 Å². The first-order valence-electron chi connectivity index (χ1n) is 14.4. The lowest BCUT2D eigenvalue weighted by Gasteiger charge is -2.54. The molecule has 7 heteroatoms. The van der Waals surface area contributed by atoms with E-state index >= 15 is 0 Å². The van der Waals surface area contributed by atoms with Gasteiger partial charge >= 0.3 is 11.9 Å². The van der Waals surface area contributed by atoms with E-state index in [0.717, 1.165) is 56.9 Å². The van der Waals surface area contributed by atoms with Crippen LogP contribution < -0.4 is 0 Å². The number of nitrogens with zero attached hydrogens (tertiary/aromatic N) is 2. The highest BCUT2D eigenvalue weighted by atomic mass is 16.6. The van der Waals surface area contributed by atoms with Crippen LogP contribution >= 0.6 is 0 Å². The highest BCUT2D eigenvalue weighted by Crippen LogP contribution is 2.44. The summed E-state index contributed by atoms with van der Waals surface area (Å²) in [5, 5.41) is 0. The van der Waals surface area contributed by atoms with Gasteiger partial charge in [0.2, 0.25) is 5.91 Å². The first-order chi connectivity index (χ1) is 18.0. The summed E-state index contributed by atoms with van der Waals surface area (Å²) in [7, 11) is 0. The summed E-state index contributed by atoms with van der Waals surface area (Å²) in [5.74, 6) is -1.42. The standard InChI is InChI=1S/C30H44N2O5/c1-3-36-28(34)30(29(35)37-4-2)20-27(33)31(21-23-14-8-5-9-15-23)22-26(30)32(24-16-10-6-11-17-24)25-18-12-7-13-19-25/h5,8-9,14-15,24-26H,3-4,6-7,10-13,16-22H2,1-2H3. The molecule has 4 rings (SSSR count). The summed E-state index contributed by atoms with van der Waals surface area (Å²) in [4.78, 5) is 45.6. The predicted octanol–water partition coefficient (Wildman–Crippen LogP) is 4.87. The molecule has 37 heavy (non-hydrogen) atoms. The minimum atomic E-state index is -1.65. The molecule has 3 aliphatic rings. The maximum Gasteiger partial charge on any atom is 0.325 e. The zero-order valence-corrected chi connectivity index (χ0v) is 22.7. The minimum Gasteiger partial charge on any atom is -0.465 e. The maximum atomic E-state index is 13.8. The molecule has 0 N–H and O–H groups in total. The third-order valence-corrected chi connectivity index (χ3v) is 8.59. The number of amides is 1. The molecule has 7 nitrogen and oxygen atoms in total. The van der Waals surface area contributed by atoms with Crippen molar-refractivity contribution < 1.29 is 23.9 Å². The average Bonchev–Trinajstić information content (AvgIpc) is 2.92. The van der Waals surface area contributed by atoms with Gasteiger partial charge in [0.15, 0.2) is 5.41 Å². The Hall–Kier alpha value is -2.41. The van der Waals surface area contributed by atoms with Crippen molar-refractivity contribution in [2.24, 2.45) is 5.41 Å². The summed E-state index contributed by atoms with van der Waals surface area (Å²) in [6.07, 6.45) is 11.1. The molecule has 1 aromatic carbocycles. The quantitative estimate of drug-likeness (QED) is 0.347. The Bertz CT molecular complexity index is 872. The topological polar surface area (TPSA) is 76.2 Å². The molecule has 0 spiro atoms. The summed E-state index contributed by atoms with van der Waals surface area (Å²) in [6, 6.07) is 10.0. The van der Waals surface area contributed by atoms with Crippen molar-refractivity contribution in [2.45, 2.75) is 109 Å². The number of ether oxygens (including phenoxy) is 2. The van der Waals surface area contributed by atoms with Crippen LogP contribution in [0.5, 0.6) is 0 Å². The lowest BCUT2D eigenvalue weighted by Crippen LogP contribution is -2.69. The Morgan fingerprint density at radius 2 is 1.38 bits per heavy atom. The fraction of sp³-hybridized carbons (Fsp3) is 0.700. The molecular formula is C30H44N2O5. The van der Waals surface area contributed by atoms with Gasteiger partial charge in [-0.05, 0) is 45.1 Å². The molecule has 204 valence electrons. The molecule has 1 saturated heterocycles. The Kier molecular flexibility index (Phi) is 9.63. The molecule has 1 unspecified atom stereocenters. The molecule has 0 radical (unpaired) electrons. The Balaban J connectivity index is 1.79. The first kappa shape index (κ1) is 27.6. The van der Waals surface area contributed by atoms with Gasteiger partial charge in [0.05, 0.1) is 25.7 Å². The molecule has 1 aromatic rings. The molecule has 1 atom stereocenters. The number of benzene rings is 1. The number of likely N-dealkylation sites (tertiary alicyclic amines) is 1. The van der Waals surface area contributed by atoms with Crippen LogP contribution in [0, 0.1) is 5.41 Å². The Morgan fingerprint density at radius 3 is 1.86 bits per heavy atom. The van der Waals surface area contributed by atoms with Crippen molar-refractivity contribution in [1.29, 1.82) is 0 Å². The SMILES string of the molecule is CCOC(=O)C1(C(=O)OCC)CC(=O)N(Cc2ccccc2)CC1N(C1CCCCC1)C1CCCCC1. The third kappa shape index (κ3) is 6.02. The van der Waals surface area contributed by atoms with Gasteiger partial charge < -0.3 is 14.4 Å². The van der Waals surface area contributed by atoms with Crippen LogP contribution in [0.2, 0.25) is 0 Å². The van der Waals surface area contributed by atoms with Crippen molar-refractivity contribution in [2.75, 3.05) is 19.8 Å². The van der Waals surface area contributed by atoms with Crippen LogP contribution in [-0.2, 0) is 30.4 Å². The third-order valence-electron chi connectivity index (χ3n) is 8.59. The van der Waals surface area contributed by atoms with Crippen molar-refractivity contribution in [3.8, 4) is 0 Å². The fourth-order valence-corrected chi connectivity index (χ4v) is 6.82. The van der Waals surface area contributed by atoms with Gasteiger partial charge in [-0.3, -0.25) is 19.3 Å². The average molecular weight is 513 g/mol. The molecule has 0 aromatic heterocycles. The number of carbonyl (C=O) groups is 3. The summed E-state index contributed by atoms with van der Waals surface area (Å²) >= 11 is 0. The van der Waals surface area contributed by atoms with E-state index in [4.69, 9.17) is 9.47 Å². The van der Waals surface area contributed by atoms with E-state index in [0.29, 0.717) is 13.1 Å². The molecular weight excluding hydrogens is 468 g/mol. The molecule has 2 saturated carbocycles. The normalized spacial score (nSPS) is 23.2. The fourth-order valence-electron chi connectivity index (χ4n) is 6.82. The van der Waals surface area contributed by atoms with Gasteiger partial charge in [0.25, 0.3) is 0 Å². The predicted molar refractivity (Wildman–Crippen MR) is 142 cm³/mol. The van der Waals surface area contributed by atoms with E-state index in [1.165, 1.54) is 12.8 Å². The smallest absolute Gasteiger partial charge is 0.325 e. The lowest BCUT2D eigenvalue weighted by atomic mass is 9.71. The lowest BCUT2D eigenvalue weighted by molar-refractivity contribution is -0.190. The van der Waals surface area contributed by atoms with Gasteiger partial charge in [-0.2, -0.15) is 0 Å². The van der Waals surface area contributed by atoms with Gasteiger partial charge in [-0.1, -0.05) is 68.9 Å². The Morgan fingerprint density at radius 1 is 0.865 bits per heavy atom. The van der Waals surface area contributed by atoms with Crippen LogP contribution in [0.3, 0.4) is 0 Å². The Labute approximate surface area is 221 Å². The summed E-state index contributed by atoms with van der Waals surface area (Å²) in [5.41, 5.74) is -0.609. The summed E-state index contributed by atoms with van der Waals surface area (Å²) < 4.78 is 11.1. The zero-order chi connectivity index (χ0) is 26.3. The number of hydrogen-bond donors (Lipinski definition) is 0. The highest BCUT2D eigenvalue weighted by Gasteiger charge is 2.62. The monoisotopic (exact) mass is 512 g/mol. The van der Waals surface area contributed by atoms with Crippen molar-refractivity contribution in [3.05, 3.63) is 35.9 Å². The molecule has 3 fully saturated rings. The highest BCUT2D eigenvalue weighted by molar-refractivity contribution is 6.05. The second-order valence-corrected chi connectivity index (χ2v) is 10.9. The van der Waals surface area contributed by atoms with E-state index in [-0.39, 0.29) is 37.6 Å². The van der Waals surface area contributed by atoms with E-state index in [9.17, 15) is 14.4 Å². The van der Waals surface area contributed by atoms with E-state index < -0.39 is 23.4 Å². The van der Waals surface area contributed by atoms with Crippen LogP contribution in [0.4, 0.5) is 0 Å². The number of rotatable bonds is 9. The molecule has 1 aliphatic heterocycles. The number of piperidine rings is 1. The number of carbonyl (C=O) groups excluding carboxylic acids is 3. The summed E-state index contributed by atoms with van der Waals surface area (Å²) in [6.45, 7) is 4.58. The van der Waals surface area contributed by atoms with Crippen LogP contribution in [0.15, 0.2) is 30.3 Å². The minimum absolute atomic E-state index is 0.154. The van der Waals surface area contributed by atoms with E-state index in [2.05, 4.69) is 4.90 Å². The zero-order valence-electron chi connectivity index (χ0n) is 22.7. The molecule has 0 bridgehead atoms. The van der Waals surface area contributed by atoms with Gasteiger partial charge in [0, 0.05) is 25.2 Å². The van der Waals surface area contributed by atoms with Crippen LogP contribution in [-0.4, -0.2) is 65.5 Å². The second kappa shape index (κ2) is 12.9. The largest absolute Gasteiger partial charge is 0.465 e. The van der Waals surface area contributed by atoms with Crippen molar-refractivity contribution in [3.63, 3.8) is 0 Å². The first-order valence-corrected chi connectivity index (χ1v) is 14.4. The molecule has 2 aliphatic carbocycles. The van der Waals surface area contributed by atoms with Crippen LogP contribution in [0.25, 0.3) is 0 Å². The van der Waals surface area contributed by atoms with Gasteiger partial charge in [0.1, 0.15) is 0 Å². The number of esters is 2.